The molecule has 0 unspecified atom stereocenters. The maximum absolute atomic E-state index is 11.4. The van der Waals surface area contributed by atoms with Gasteiger partial charge in [-0.05, 0) is 50.0 Å². The number of rotatable bonds is 5. The molecule has 27 heavy (non-hydrogen) atoms. The van der Waals surface area contributed by atoms with Crippen molar-refractivity contribution in [2.75, 3.05) is 24.7 Å². The molecule has 3 rings (SSSR count). The molecule has 0 bridgehead atoms. The monoisotopic (exact) mass is 447 g/mol. The van der Waals surface area contributed by atoms with Gasteiger partial charge in [-0.2, -0.15) is 0 Å². The first-order valence-electron chi connectivity index (χ1n) is 8.25. The third-order valence-electron chi connectivity index (χ3n) is 3.67. The molecule has 0 fully saturated rings. The number of aromatic nitrogens is 2. The fourth-order valence-electron chi connectivity index (χ4n) is 2.75. The van der Waals surface area contributed by atoms with Crippen LogP contribution in [0.15, 0.2) is 41.0 Å². The highest BCUT2D eigenvalue weighted by atomic mass is 79.9. The Morgan fingerprint density at radius 2 is 1.93 bits per heavy atom. The van der Waals surface area contributed by atoms with Gasteiger partial charge in [-0.3, -0.25) is 4.79 Å². The third-order valence-corrected chi connectivity index (χ3v) is 4.42. The Hall–Kier alpha value is -2.22. The normalized spacial score (nSPS) is 11.0. The zero-order valence-corrected chi connectivity index (χ0v) is 17.5. The van der Waals surface area contributed by atoms with E-state index in [0.717, 1.165) is 27.7 Å². The zero-order valence-electron chi connectivity index (χ0n) is 15.2. The number of nitrogens with one attached hydrogen (secondary N) is 2. The van der Waals surface area contributed by atoms with Crippen LogP contribution in [0.3, 0.4) is 0 Å². The van der Waals surface area contributed by atoms with Crippen molar-refractivity contribution in [2.24, 2.45) is 0 Å². The lowest BCUT2D eigenvalue weighted by atomic mass is 10.1. The number of benzene rings is 2. The first-order valence-corrected chi connectivity index (χ1v) is 9.42. The van der Waals surface area contributed by atoms with Crippen LogP contribution in [0.25, 0.3) is 10.9 Å². The van der Waals surface area contributed by atoms with Gasteiger partial charge in [-0.25, -0.2) is 9.97 Å². The molecule has 2 N–H and O–H groups in total. The average molecular weight is 449 g/mol. The summed E-state index contributed by atoms with van der Waals surface area (Å²) in [7, 11) is 3.98. The quantitative estimate of drug-likeness (QED) is 0.586. The van der Waals surface area contributed by atoms with Crippen LogP contribution in [0.4, 0.5) is 17.3 Å². The van der Waals surface area contributed by atoms with Crippen LogP contribution in [0.5, 0.6) is 0 Å². The van der Waals surface area contributed by atoms with Gasteiger partial charge >= 0.3 is 0 Å². The molecule has 0 saturated carbocycles. The van der Waals surface area contributed by atoms with E-state index in [0.29, 0.717) is 22.2 Å². The number of hydrogen-bond donors (Lipinski definition) is 2. The van der Waals surface area contributed by atoms with E-state index in [-0.39, 0.29) is 5.91 Å². The van der Waals surface area contributed by atoms with Gasteiger partial charge in [0.25, 0.3) is 0 Å². The molecule has 0 aliphatic heterocycles. The topological polar surface area (TPSA) is 70.2 Å². The number of carbonyl (C=O) groups is 1. The summed E-state index contributed by atoms with van der Waals surface area (Å²) in [5.41, 5.74) is 3.22. The number of hydrogen-bond acceptors (Lipinski definition) is 5. The second-order valence-electron chi connectivity index (χ2n) is 6.48. The van der Waals surface area contributed by atoms with E-state index < -0.39 is 0 Å². The Labute approximate surface area is 171 Å². The molecule has 3 aromatic rings. The number of halogens is 2. The Morgan fingerprint density at radius 1 is 1.19 bits per heavy atom. The van der Waals surface area contributed by atoms with E-state index in [1.165, 1.54) is 6.92 Å². The molecule has 0 spiro atoms. The first-order chi connectivity index (χ1) is 12.8. The van der Waals surface area contributed by atoms with Crippen LogP contribution < -0.4 is 10.6 Å². The molecule has 0 radical (unpaired) electrons. The highest BCUT2D eigenvalue weighted by Gasteiger charge is 2.08. The van der Waals surface area contributed by atoms with Gasteiger partial charge in [-0.15, -0.1) is 0 Å². The second-order valence-corrected chi connectivity index (χ2v) is 7.80. The van der Waals surface area contributed by atoms with Crippen molar-refractivity contribution in [1.29, 1.82) is 0 Å². The van der Waals surface area contributed by atoms with E-state index in [1.807, 2.05) is 38.4 Å². The maximum Gasteiger partial charge on any atom is 0.227 e. The molecule has 8 heteroatoms. The average Bonchev–Trinajstić information content (AvgIpc) is 2.54. The summed E-state index contributed by atoms with van der Waals surface area (Å²) in [6.07, 6.45) is 1.72. The Morgan fingerprint density at radius 3 is 2.63 bits per heavy atom. The molecule has 0 aliphatic carbocycles. The van der Waals surface area contributed by atoms with Crippen LogP contribution >= 0.6 is 27.5 Å². The fraction of sp³-hybridized carbons (Fsp3) is 0.211. The number of amides is 1. The predicted molar refractivity (Wildman–Crippen MR) is 114 cm³/mol. The van der Waals surface area contributed by atoms with Crippen LogP contribution in [0.1, 0.15) is 12.5 Å². The van der Waals surface area contributed by atoms with Crippen molar-refractivity contribution in [3.05, 3.63) is 51.6 Å². The van der Waals surface area contributed by atoms with E-state index in [2.05, 4.69) is 41.4 Å². The van der Waals surface area contributed by atoms with Gasteiger partial charge in [0.15, 0.2) is 0 Å². The second kappa shape index (κ2) is 8.21. The lowest BCUT2D eigenvalue weighted by Crippen LogP contribution is -2.12. The van der Waals surface area contributed by atoms with Crippen molar-refractivity contribution >= 4 is 61.7 Å². The Bertz CT molecular complexity index is 1010. The van der Waals surface area contributed by atoms with Crippen LogP contribution in [-0.2, 0) is 11.3 Å². The largest absolute Gasteiger partial charge is 0.326 e. The van der Waals surface area contributed by atoms with E-state index in [9.17, 15) is 4.79 Å². The molecule has 1 heterocycles. The molecule has 0 saturated heterocycles. The molecule has 2 aromatic carbocycles. The summed E-state index contributed by atoms with van der Waals surface area (Å²) >= 11 is 9.72. The summed E-state index contributed by atoms with van der Waals surface area (Å²) in [6, 6.07) is 9.51. The minimum Gasteiger partial charge on any atom is -0.326 e. The van der Waals surface area contributed by atoms with Crippen molar-refractivity contribution in [1.82, 2.24) is 14.9 Å². The molecule has 0 aliphatic rings. The highest BCUT2D eigenvalue weighted by molar-refractivity contribution is 9.10. The summed E-state index contributed by atoms with van der Waals surface area (Å²) in [5.74, 6) is 0.310. The summed E-state index contributed by atoms with van der Waals surface area (Å²) in [6.45, 7) is 2.22. The van der Waals surface area contributed by atoms with Gasteiger partial charge in [-0.1, -0.05) is 27.5 Å². The summed E-state index contributed by atoms with van der Waals surface area (Å²) in [5, 5.41) is 7.42. The molecule has 140 valence electrons. The molecular weight excluding hydrogens is 430 g/mol. The van der Waals surface area contributed by atoms with E-state index >= 15 is 0 Å². The lowest BCUT2D eigenvalue weighted by Gasteiger charge is -2.14. The third kappa shape index (κ3) is 5.15. The zero-order chi connectivity index (χ0) is 19.6. The van der Waals surface area contributed by atoms with Crippen molar-refractivity contribution in [3.63, 3.8) is 0 Å². The molecule has 1 amide bonds. The molecule has 6 nitrogen and oxygen atoms in total. The predicted octanol–water partition coefficient (Wildman–Crippen LogP) is 4.81. The first kappa shape index (κ1) is 19.5. The fourth-order valence-corrected chi connectivity index (χ4v) is 3.63. The number of anilines is 3. The Balaban J connectivity index is 1.96. The number of carbonyl (C=O) groups excluding carboxylic acids is 1. The lowest BCUT2D eigenvalue weighted by molar-refractivity contribution is -0.114. The maximum atomic E-state index is 11.4. The molecular formula is C19H19BrClN5O. The SMILES string of the molecule is CC(=O)Nc1cc(CN(C)C)cc(Nc2ncc3cc(Br)cc(Cl)c3n2)c1. The van der Waals surface area contributed by atoms with Crippen molar-refractivity contribution < 1.29 is 4.79 Å². The minimum absolute atomic E-state index is 0.123. The van der Waals surface area contributed by atoms with Gasteiger partial charge < -0.3 is 15.5 Å². The van der Waals surface area contributed by atoms with Crippen molar-refractivity contribution in [2.45, 2.75) is 13.5 Å². The minimum atomic E-state index is -0.123. The summed E-state index contributed by atoms with van der Waals surface area (Å²) in [4.78, 5) is 22.4. The summed E-state index contributed by atoms with van der Waals surface area (Å²) < 4.78 is 0.876. The van der Waals surface area contributed by atoms with Crippen molar-refractivity contribution in [3.8, 4) is 0 Å². The molecule has 1 aromatic heterocycles. The van der Waals surface area contributed by atoms with E-state index in [4.69, 9.17) is 11.6 Å². The standard InChI is InChI=1S/C19H19BrClN5O/c1-11(27)23-15-4-12(10-26(2)3)5-16(8-15)24-19-22-9-13-6-14(20)7-17(21)18(13)25-19/h4-9H,10H2,1-3H3,(H,23,27)(H,22,24,25). The van der Waals surface area contributed by atoms with Gasteiger partial charge in [0, 0.05) is 40.9 Å². The van der Waals surface area contributed by atoms with Gasteiger partial charge in [0.05, 0.1) is 10.5 Å². The van der Waals surface area contributed by atoms with Crippen LogP contribution in [0, 0.1) is 0 Å². The van der Waals surface area contributed by atoms with E-state index in [1.54, 1.807) is 12.3 Å². The van der Waals surface area contributed by atoms with Crippen LogP contribution in [-0.4, -0.2) is 34.9 Å². The smallest absolute Gasteiger partial charge is 0.227 e. The van der Waals surface area contributed by atoms with Crippen LogP contribution in [0.2, 0.25) is 5.02 Å². The number of nitrogens with zero attached hydrogens (tertiary/aromatic N) is 3. The highest BCUT2D eigenvalue weighted by Crippen LogP contribution is 2.28. The van der Waals surface area contributed by atoms with Gasteiger partial charge in [0.1, 0.15) is 0 Å². The Kier molecular flexibility index (Phi) is 5.94. The van der Waals surface area contributed by atoms with Gasteiger partial charge in [0.2, 0.25) is 11.9 Å². The molecule has 0 atom stereocenters. The number of fused-ring (bicyclic) bond motifs is 1.